The highest BCUT2D eigenvalue weighted by Gasteiger charge is 2.14. The molecule has 2 aromatic carbocycles. The number of aliphatic imine (C=N–C) groups is 1. The van der Waals surface area contributed by atoms with Crippen LogP contribution in [0, 0.1) is 37.8 Å². The highest BCUT2D eigenvalue weighted by Crippen LogP contribution is 2.27. The van der Waals surface area contributed by atoms with Crippen LogP contribution in [-0.4, -0.2) is 15.7 Å². The SMILES string of the molecule is CCc1cccc(C)c1-n1c(C)cc(C=Nc2ccc(C)c([N+](=O)[O-])c2)c1C. The maximum atomic E-state index is 11.1. The highest BCUT2D eigenvalue weighted by molar-refractivity contribution is 5.84. The van der Waals surface area contributed by atoms with E-state index in [1.165, 1.54) is 22.9 Å². The predicted octanol–water partition coefficient (Wildman–Crippen LogP) is 5.93. The quantitative estimate of drug-likeness (QED) is 0.315. The van der Waals surface area contributed by atoms with Crippen molar-refractivity contribution in [3.8, 4) is 5.69 Å². The molecule has 0 unspecified atom stereocenters. The molecule has 0 radical (unpaired) electrons. The van der Waals surface area contributed by atoms with Crippen LogP contribution in [0.4, 0.5) is 11.4 Å². The number of nitro groups is 1. The fourth-order valence-corrected chi connectivity index (χ4v) is 3.61. The van der Waals surface area contributed by atoms with Gasteiger partial charge in [-0.3, -0.25) is 15.1 Å². The number of aromatic nitrogens is 1. The van der Waals surface area contributed by atoms with Crippen LogP contribution < -0.4 is 0 Å². The molecular weight excluding hydrogens is 350 g/mol. The van der Waals surface area contributed by atoms with Crippen molar-refractivity contribution in [2.75, 3.05) is 0 Å². The number of nitrogens with zero attached hydrogens (tertiary/aromatic N) is 3. The maximum absolute atomic E-state index is 11.1. The summed E-state index contributed by atoms with van der Waals surface area (Å²) in [5, 5.41) is 11.1. The molecule has 28 heavy (non-hydrogen) atoms. The summed E-state index contributed by atoms with van der Waals surface area (Å²) in [5.74, 6) is 0. The van der Waals surface area contributed by atoms with Gasteiger partial charge in [0, 0.05) is 34.8 Å². The molecule has 0 spiro atoms. The molecule has 0 bridgehead atoms. The van der Waals surface area contributed by atoms with Gasteiger partial charge in [0.05, 0.1) is 16.3 Å². The summed E-state index contributed by atoms with van der Waals surface area (Å²) in [7, 11) is 0. The van der Waals surface area contributed by atoms with Gasteiger partial charge in [0.2, 0.25) is 0 Å². The summed E-state index contributed by atoms with van der Waals surface area (Å²) in [6, 6.07) is 13.5. The average molecular weight is 375 g/mol. The third-order valence-electron chi connectivity index (χ3n) is 5.14. The molecule has 5 nitrogen and oxygen atoms in total. The van der Waals surface area contributed by atoms with Crippen molar-refractivity contribution in [3.05, 3.63) is 86.2 Å². The van der Waals surface area contributed by atoms with Crippen LogP contribution in [0.3, 0.4) is 0 Å². The molecule has 5 heteroatoms. The van der Waals surface area contributed by atoms with Gasteiger partial charge in [0.1, 0.15) is 0 Å². The first-order chi connectivity index (χ1) is 13.3. The minimum atomic E-state index is -0.370. The normalized spacial score (nSPS) is 11.3. The molecule has 144 valence electrons. The monoisotopic (exact) mass is 375 g/mol. The van der Waals surface area contributed by atoms with Crippen LogP contribution in [-0.2, 0) is 6.42 Å². The molecular formula is C23H25N3O2. The van der Waals surface area contributed by atoms with Gasteiger partial charge < -0.3 is 4.57 Å². The molecule has 0 atom stereocenters. The van der Waals surface area contributed by atoms with Crippen molar-refractivity contribution in [3.63, 3.8) is 0 Å². The first kappa shape index (κ1) is 19.5. The van der Waals surface area contributed by atoms with Gasteiger partial charge in [-0.05, 0) is 57.4 Å². The summed E-state index contributed by atoms with van der Waals surface area (Å²) in [6.45, 7) is 10.2. The molecule has 0 aliphatic rings. The molecule has 0 aliphatic carbocycles. The largest absolute Gasteiger partial charge is 0.317 e. The predicted molar refractivity (Wildman–Crippen MR) is 114 cm³/mol. The second-order valence-corrected chi connectivity index (χ2v) is 7.08. The van der Waals surface area contributed by atoms with Gasteiger partial charge in [-0.15, -0.1) is 0 Å². The topological polar surface area (TPSA) is 60.4 Å². The number of hydrogen-bond acceptors (Lipinski definition) is 3. The molecule has 3 rings (SSSR count). The lowest BCUT2D eigenvalue weighted by Crippen LogP contribution is -2.05. The zero-order valence-electron chi connectivity index (χ0n) is 17.0. The minimum absolute atomic E-state index is 0.0904. The molecule has 0 aliphatic heterocycles. The number of hydrogen-bond donors (Lipinski definition) is 0. The fraction of sp³-hybridized carbons (Fsp3) is 0.261. The van der Waals surface area contributed by atoms with Crippen molar-refractivity contribution in [1.29, 1.82) is 0 Å². The lowest BCUT2D eigenvalue weighted by Gasteiger charge is -2.17. The summed E-state index contributed by atoms with van der Waals surface area (Å²) >= 11 is 0. The molecule has 0 amide bonds. The van der Waals surface area contributed by atoms with E-state index in [0.717, 1.165) is 23.4 Å². The van der Waals surface area contributed by atoms with E-state index in [1.807, 2.05) is 0 Å². The Balaban J connectivity index is 2.03. The Morgan fingerprint density at radius 1 is 1.07 bits per heavy atom. The third-order valence-corrected chi connectivity index (χ3v) is 5.14. The zero-order chi connectivity index (χ0) is 20.4. The van der Waals surface area contributed by atoms with Gasteiger partial charge in [0.25, 0.3) is 5.69 Å². The zero-order valence-corrected chi connectivity index (χ0v) is 17.0. The van der Waals surface area contributed by atoms with Gasteiger partial charge in [0.15, 0.2) is 0 Å². The number of nitro benzene ring substituents is 1. The van der Waals surface area contributed by atoms with Gasteiger partial charge in [-0.25, -0.2) is 0 Å². The number of aryl methyl sites for hydroxylation is 4. The molecule has 0 N–H and O–H groups in total. The standard InChI is InChI=1S/C23H25N3O2/c1-6-19-9-7-8-16(3)23(19)25-17(4)12-20(18(25)5)14-24-21-11-10-15(2)22(13-21)26(27)28/h7-14H,6H2,1-5H3. The first-order valence-corrected chi connectivity index (χ1v) is 9.40. The Labute approximate surface area is 165 Å². The Morgan fingerprint density at radius 3 is 2.50 bits per heavy atom. The van der Waals surface area contributed by atoms with E-state index in [9.17, 15) is 10.1 Å². The van der Waals surface area contributed by atoms with Crippen LogP contribution in [0.2, 0.25) is 0 Å². The minimum Gasteiger partial charge on any atom is -0.317 e. The molecule has 1 aromatic heterocycles. The van der Waals surface area contributed by atoms with Crippen molar-refractivity contribution < 1.29 is 4.92 Å². The number of para-hydroxylation sites is 1. The van der Waals surface area contributed by atoms with E-state index < -0.39 is 0 Å². The Hall–Kier alpha value is -3.21. The Kier molecular flexibility index (Phi) is 5.45. The van der Waals surface area contributed by atoms with E-state index in [4.69, 9.17) is 0 Å². The molecule has 0 fully saturated rings. The second kappa shape index (κ2) is 7.80. The smallest absolute Gasteiger partial charge is 0.274 e. The Bertz CT molecular complexity index is 1080. The van der Waals surface area contributed by atoms with Crippen LogP contribution in [0.1, 0.15) is 40.6 Å². The summed E-state index contributed by atoms with van der Waals surface area (Å²) in [6.07, 6.45) is 2.75. The molecule has 0 saturated carbocycles. The van der Waals surface area contributed by atoms with Crippen LogP contribution in [0.15, 0.2) is 47.5 Å². The van der Waals surface area contributed by atoms with Crippen LogP contribution in [0.25, 0.3) is 5.69 Å². The number of benzene rings is 2. The van der Waals surface area contributed by atoms with Crippen LogP contribution >= 0.6 is 0 Å². The van der Waals surface area contributed by atoms with Gasteiger partial charge in [-0.1, -0.05) is 31.2 Å². The van der Waals surface area contributed by atoms with Crippen molar-refractivity contribution in [2.24, 2.45) is 4.99 Å². The number of rotatable bonds is 5. The van der Waals surface area contributed by atoms with Crippen molar-refractivity contribution in [2.45, 2.75) is 41.0 Å². The molecule has 0 saturated heterocycles. The maximum Gasteiger partial charge on any atom is 0.274 e. The third kappa shape index (κ3) is 3.60. The summed E-state index contributed by atoms with van der Waals surface area (Å²) in [4.78, 5) is 15.3. The van der Waals surface area contributed by atoms with E-state index in [-0.39, 0.29) is 10.6 Å². The summed E-state index contributed by atoms with van der Waals surface area (Å²) in [5.41, 5.74) is 8.31. The van der Waals surface area contributed by atoms with E-state index in [1.54, 1.807) is 25.3 Å². The molecule has 3 aromatic rings. The lowest BCUT2D eigenvalue weighted by molar-refractivity contribution is -0.385. The first-order valence-electron chi connectivity index (χ1n) is 9.40. The van der Waals surface area contributed by atoms with E-state index in [2.05, 4.69) is 61.5 Å². The van der Waals surface area contributed by atoms with E-state index >= 15 is 0 Å². The van der Waals surface area contributed by atoms with Gasteiger partial charge in [-0.2, -0.15) is 0 Å². The molecule has 1 heterocycles. The van der Waals surface area contributed by atoms with Gasteiger partial charge >= 0.3 is 0 Å². The fourth-order valence-electron chi connectivity index (χ4n) is 3.61. The average Bonchev–Trinajstić information content (AvgIpc) is 2.94. The second-order valence-electron chi connectivity index (χ2n) is 7.08. The van der Waals surface area contributed by atoms with E-state index in [0.29, 0.717) is 11.3 Å². The van der Waals surface area contributed by atoms with Crippen molar-refractivity contribution >= 4 is 17.6 Å². The Morgan fingerprint density at radius 2 is 1.82 bits per heavy atom. The highest BCUT2D eigenvalue weighted by atomic mass is 16.6. The summed E-state index contributed by atoms with van der Waals surface area (Å²) < 4.78 is 2.27. The van der Waals surface area contributed by atoms with Crippen molar-refractivity contribution in [1.82, 2.24) is 4.57 Å². The lowest BCUT2D eigenvalue weighted by atomic mass is 10.1. The van der Waals surface area contributed by atoms with Crippen LogP contribution in [0.5, 0.6) is 0 Å².